The molecule has 0 aliphatic heterocycles. The number of rotatable bonds is 20. The molecule has 0 aliphatic carbocycles. The van der Waals surface area contributed by atoms with Gasteiger partial charge >= 0.3 is 12.1 Å². The number of benzene rings is 2. The smallest absolute Gasteiger partial charge is 0.408 e. The molecule has 0 saturated carbocycles. The Labute approximate surface area is 330 Å². The van der Waals surface area contributed by atoms with Crippen LogP contribution in [0.4, 0.5) is 4.79 Å². The van der Waals surface area contributed by atoms with Gasteiger partial charge in [0.15, 0.2) is 0 Å². The first kappa shape index (κ1) is 46.6. The second-order valence-electron chi connectivity index (χ2n) is 14.0. The van der Waals surface area contributed by atoms with E-state index >= 15 is 0 Å². The van der Waals surface area contributed by atoms with Crippen molar-refractivity contribution in [2.24, 2.45) is 0 Å². The summed E-state index contributed by atoms with van der Waals surface area (Å²) < 4.78 is 5.26. The summed E-state index contributed by atoms with van der Waals surface area (Å²) >= 11 is 0. The largest absolute Gasteiger partial charge is 0.480 e. The van der Waals surface area contributed by atoms with Crippen LogP contribution in [0.2, 0.25) is 0 Å². The maximum absolute atomic E-state index is 13.1. The number of aliphatic carboxylic acids is 1. The summed E-state index contributed by atoms with van der Waals surface area (Å²) in [6.45, 7) is 7.30. The molecule has 0 bridgehead atoms. The summed E-state index contributed by atoms with van der Waals surface area (Å²) in [5, 5.41) is 28.0. The minimum absolute atomic E-state index is 0.0155. The second-order valence-corrected chi connectivity index (χ2v) is 14.0. The zero-order valence-electron chi connectivity index (χ0n) is 32.7. The molecule has 0 aliphatic rings. The Morgan fingerprint density at radius 3 is 1.49 bits per heavy atom. The van der Waals surface area contributed by atoms with E-state index in [1.807, 2.05) is 0 Å². The van der Waals surface area contributed by atoms with Crippen LogP contribution < -0.4 is 42.5 Å². The minimum Gasteiger partial charge on any atom is -0.480 e. The summed E-state index contributed by atoms with van der Waals surface area (Å²) in [6, 6.07) is 11.8. The van der Waals surface area contributed by atoms with Crippen molar-refractivity contribution in [3.05, 3.63) is 71.8 Å². The van der Waals surface area contributed by atoms with E-state index in [1.165, 1.54) is 20.8 Å². The van der Waals surface area contributed by atoms with Crippen LogP contribution in [0.15, 0.2) is 60.7 Å². The number of carbonyl (C=O) groups is 9. The number of ether oxygens (including phenoxy) is 1. The van der Waals surface area contributed by atoms with Gasteiger partial charge in [0.1, 0.15) is 42.4 Å². The van der Waals surface area contributed by atoms with Gasteiger partial charge in [-0.2, -0.15) is 0 Å². The molecule has 310 valence electrons. The molecule has 0 heterocycles. The lowest BCUT2D eigenvalue weighted by Gasteiger charge is -2.24. The van der Waals surface area contributed by atoms with Crippen LogP contribution in [0.1, 0.15) is 52.7 Å². The van der Waals surface area contributed by atoms with Crippen LogP contribution in [0, 0.1) is 0 Å². The molecule has 9 N–H and O–H groups in total. The highest BCUT2D eigenvalue weighted by Crippen LogP contribution is 2.09. The quantitative estimate of drug-likeness (QED) is 0.0768. The van der Waals surface area contributed by atoms with Crippen molar-refractivity contribution in [2.75, 3.05) is 19.6 Å². The van der Waals surface area contributed by atoms with Crippen molar-refractivity contribution in [3.8, 4) is 0 Å². The lowest BCUT2D eigenvalue weighted by molar-refractivity contribution is -0.138. The van der Waals surface area contributed by atoms with E-state index in [-0.39, 0.29) is 12.8 Å². The fourth-order valence-corrected chi connectivity index (χ4v) is 4.85. The fourth-order valence-electron chi connectivity index (χ4n) is 4.85. The average molecular weight is 797 g/mol. The molecule has 8 amide bonds. The van der Waals surface area contributed by atoms with Crippen LogP contribution in [0.3, 0.4) is 0 Å². The Bertz CT molecular complexity index is 1730. The number of carbonyl (C=O) groups excluding carboxylic acids is 8. The van der Waals surface area contributed by atoms with Crippen LogP contribution in [-0.2, 0) is 55.9 Å². The third-order valence-corrected chi connectivity index (χ3v) is 7.76. The monoisotopic (exact) mass is 796 g/mol. The molecule has 0 spiro atoms. The number of nitrogens with one attached hydrogen (secondary N) is 8. The van der Waals surface area contributed by atoms with Crippen molar-refractivity contribution in [1.29, 1.82) is 0 Å². The van der Waals surface area contributed by atoms with Gasteiger partial charge in [0.2, 0.25) is 41.4 Å². The van der Waals surface area contributed by atoms with Gasteiger partial charge in [-0.3, -0.25) is 38.4 Å². The molecule has 0 radical (unpaired) electrons. The van der Waals surface area contributed by atoms with Gasteiger partial charge in [0.25, 0.3) is 0 Å². The third-order valence-electron chi connectivity index (χ3n) is 7.76. The van der Waals surface area contributed by atoms with Gasteiger partial charge in [-0.15, -0.1) is 0 Å². The number of carboxylic acids is 1. The first-order valence-corrected chi connectivity index (χ1v) is 18.1. The molecular weight excluding hydrogens is 744 g/mol. The molecule has 0 fully saturated rings. The zero-order chi connectivity index (χ0) is 42.7. The van der Waals surface area contributed by atoms with E-state index in [9.17, 15) is 43.2 Å². The lowest BCUT2D eigenvalue weighted by atomic mass is 10.0. The van der Waals surface area contributed by atoms with Crippen LogP contribution in [0.25, 0.3) is 0 Å². The average Bonchev–Trinajstić information content (AvgIpc) is 3.14. The summed E-state index contributed by atoms with van der Waals surface area (Å²) in [5.41, 5.74) is 0.600. The molecule has 2 aromatic carbocycles. The standard InChI is InChI=1S/C38H52N8O11/c1-22(32(51)41-21-31(49)50)44-36(55)28(18-26-15-11-8-12-16-26)45-34(53)24(3)43-33(52)23(2)42-30(48)20-39-29(47)19-40-35(54)27(17-25-13-9-7-10-14-25)46-37(56)57-38(4,5)6/h7-16,22-24,27-28H,17-21H2,1-6H3,(H,39,47)(H,40,54)(H,41,51)(H,42,48)(H,43,52)(H,44,55)(H,45,53)(H,46,56)(H,49,50)/t22-,23-,24-,27-,28-/m0/s1. The molecule has 19 nitrogen and oxygen atoms in total. The maximum Gasteiger partial charge on any atom is 0.408 e. The Hall–Kier alpha value is -6.53. The number of alkyl carbamates (subject to hydrolysis) is 1. The van der Waals surface area contributed by atoms with Crippen molar-refractivity contribution >= 4 is 53.4 Å². The van der Waals surface area contributed by atoms with Crippen molar-refractivity contribution in [2.45, 2.75) is 90.2 Å². The molecule has 5 atom stereocenters. The van der Waals surface area contributed by atoms with Gasteiger partial charge in [-0.05, 0) is 52.7 Å². The van der Waals surface area contributed by atoms with E-state index < -0.39 is 109 Å². The van der Waals surface area contributed by atoms with Gasteiger partial charge in [0.05, 0.1) is 13.1 Å². The molecule has 0 aromatic heterocycles. The van der Waals surface area contributed by atoms with Crippen molar-refractivity contribution in [1.82, 2.24) is 42.5 Å². The lowest BCUT2D eigenvalue weighted by Crippen LogP contribution is -2.57. The number of hydrogen-bond acceptors (Lipinski definition) is 10. The Morgan fingerprint density at radius 1 is 0.526 bits per heavy atom. The zero-order valence-corrected chi connectivity index (χ0v) is 32.7. The van der Waals surface area contributed by atoms with Crippen molar-refractivity contribution in [3.63, 3.8) is 0 Å². The molecule has 2 rings (SSSR count). The molecule has 2 aromatic rings. The van der Waals surface area contributed by atoms with E-state index in [2.05, 4.69) is 42.5 Å². The van der Waals surface area contributed by atoms with Crippen LogP contribution in [0.5, 0.6) is 0 Å². The molecule has 0 saturated heterocycles. The first-order valence-electron chi connectivity index (χ1n) is 18.1. The highest BCUT2D eigenvalue weighted by atomic mass is 16.6. The molecule has 57 heavy (non-hydrogen) atoms. The highest BCUT2D eigenvalue weighted by molar-refractivity contribution is 5.96. The first-order chi connectivity index (χ1) is 26.7. The maximum atomic E-state index is 13.1. The van der Waals surface area contributed by atoms with Gasteiger partial charge in [0, 0.05) is 12.8 Å². The van der Waals surface area contributed by atoms with Crippen LogP contribution in [-0.4, -0.2) is 114 Å². The van der Waals surface area contributed by atoms with Gasteiger partial charge in [-0.25, -0.2) is 4.79 Å². The van der Waals surface area contributed by atoms with Gasteiger partial charge in [-0.1, -0.05) is 60.7 Å². The Balaban J connectivity index is 1.89. The minimum atomic E-state index is -1.27. The molecular formula is C38H52N8O11. The summed E-state index contributed by atoms with van der Waals surface area (Å²) in [7, 11) is 0. The third kappa shape index (κ3) is 18.6. The molecule has 0 unspecified atom stereocenters. The summed E-state index contributed by atoms with van der Waals surface area (Å²) in [4.78, 5) is 112. The summed E-state index contributed by atoms with van der Waals surface area (Å²) in [6.07, 6.45) is -0.699. The predicted molar refractivity (Wildman–Crippen MR) is 205 cm³/mol. The van der Waals surface area contributed by atoms with E-state index in [0.717, 1.165) is 5.56 Å². The van der Waals surface area contributed by atoms with Gasteiger partial charge < -0.3 is 52.4 Å². The second kappa shape index (κ2) is 22.8. The SMILES string of the molecule is C[C@H](NC(=O)CNC(=O)CNC(=O)[C@H](Cc1ccccc1)NC(=O)OC(C)(C)C)C(=O)N[C@@H](C)C(=O)N[C@@H](Cc1ccccc1)C(=O)N[C@@H](C)C(=O)NCC(=O)O. The van der Waals surface area contributed by atoms with Crippen LogP contribution >= 0.6 is 0 Å². The predicted octanol–water partition coefficient (Wildman–Crippen LogP) is -1.20. The fraction of sp³-hybridized carbons (Fsp3) is 0.447. The highest BCUT2D eigenvalue weighted by Gasteiger charge is 2.29. The number of amides is 8. The topological polar surface area (TPSA) is 279 Å². The van der Waals surface area contributed by atoms with Crippen molar-refractivity contribution < 1.29 is 53.0 Å². The number of carboxylic acid groups (broad SMARTS) is 1. The normalized spacial score (nSPS) is 13.4. The Morgan fingerprint density at radius 2 is 0.965 bits per heavy atom. The van der Waals surface area contributed by atoms with E-state index in [0.29, 0.717) is 5.56 Å². The number of hydrogen-bond donors (Lipinski definition) is 9. The van der Waals surface area contributed by atoms with E-state index in [4.69, 9.17) is 9.84 Å². The molecule has 19 heteroatoms. The summed E-state index contributed by atoms with van der Waals surface area (Å²) in [5.74, 6) is -6.46. The Kier molecular flexibility index (Phi) is 18.6. The van der Waals surface area contributed by atoms with E-state index in [1.54, 1.807) is 81.4 Å².